The maximum atomic E-state index is 12.6. The highest BCUT2D eigenvalue weighted by atomic mass is 32.1. The van der Waals surface area contributed by atoms with E-state index in [9.17, 15) is 9.59 Å². The summed E-state index contributed by atoms with van der Waals surface area (Å²) in [6.45, 7) is 5.84. The van der Waals surface area contributed by atoms with Gasteiger partial charge in [-0.15, -0.1) is 22.7 Å². The van der Waals surface area contributed by atoms with E-state index in [0.29, 0.717) is 13.0 Å². The fraction of sp³-hybridized carbons (Fsp3) is 0.571. The Labute approximate surface area is 179 Å². The van der Waals surface area contributed by atoms with Crippen LogP contribution in [0, 0.1) is 5.92 Å². The van der Waals surface area contributed by atoms with Crippen LogP contribution < -0.4 is 10.2 Å². The van der Waals surface area contributed by atoms with Crippen LogP contribution in [0.3, 0.4) is 0 Å². The third-order valence-corrected chi connectivity index (χ3v) is 7.87. The van der Waals surface area contributed by atoms with Gasteiger partial charge in [-0.2, -0.15) is 0 Å². The van der Waals surface area contributed by atoms with Crippen LogP contribution in [-0.2, 0) is 28.9 Å². The molecule has 1 atom stereocenters. The average molecular weight is 433 g/mol. The quantitative estimate of drug-likeness (QED) is 0.762. The number of piperazine rings is 1. The van der Waals surface area contributed by atoms with Crippen molar-refractivity contribution in [2.45, 2.75) is 39.0 Å². The Morgan fingerprint density at radius 2 is 2.10 bits per heavy atom. The summed E-state index contributed by atoms with van der Waals surface area (Å²) in [6.07, 6.45) is 4.02. The summed E-state index contributed by atoms with van der Waals surface area (Å²) in [4.78, 5) is 36.1. The molecule has 0 saturated carbocycles. The maximum Gasteiger partial charge on any atom is 0.223 e. The molecule has 6 nitrogen and oxygen atoms in total. The molecule has 3 heterocycles. The van der Waals surface area contributed by atoms with Gasteiger partial charge in [0.15, 0.2) is 5.13 Å². The van der Waals surface area contributed by atoms with Crippen LogP contribution in [0.1, 0.15) is 35.2 Å². The first kappa shape index (κ1) is 20.3. The summed E-state index contributed by atoms with van der Waals surface area (Å²) in [5, 5.41) is 6.24. The smallest absolute Gasteiger partial charge is 0.223 e. The van der Waals surface area contributed by atoms with E-state index in [4.69, 9.17) is 4.98 Å². The second-order valence-electron chi connectivity index (χ2n) is 7.65. The molecule has 0 bridgehead atoms. The first-order chi connectivity index (χ1) is 14.1. The Bertz CT molecular complexity index is 841. The number of aromatic nitrogens is 1. The van der Waals surface area contributed by atoms with Gasteiger partial charge < -0.3 is 15.1 Å². The maximum absolute atomic E-state index is 12.6. The molecule has 0 spiro atoms. The molecule has 1 saturated heterocycles. The van der Waals surface area contributed by atoms with Gasteiger partial charge in [0.2, 0.25) is 11.8 Å². The minimum atomic E-state index is 0.0539. The van der Waals surface area contributed by atoms with Gasteiger partial charge in [0.25, 0.3) is 0 Å². The molecule has 1 unspecified atom stereocenters. The van der Waals surface area contributed by atoms with Crippen molar-refractivity contribution in [1.82, 2.24) is 15.2 Å². The van der Waals surface area contributed by atoms with E-state index in [1.54, 1.807) is 22.7 Å². The monoisotopic (exact) mass is 432 g/mol. The minimum absolute atomic E-state index is 0.0539. The highest BCUT2D eigenvalue weighted by Gasteiger charge is 2.29. The predicted molar refractivity (Wildman–Crippen MR) is 118 cm³/mol. The molecule has 1 N–H and O–H groups in total. The molecular weight excluding hydrogens is 404 g/mol. The number of amides is 2. The molecule has 2 aromatic heterocycles. The lowest BCUT2D eigenvalue weighted by molar-refractivity contribution is -0.131. The summed E-state index contributed by atoms with van der Waals surface area (Å²) in [6, 6.07) is 4.16. The zero-order valence-electron chi connectivity index (χ0n) is 16.9. The van der Waals surface area contributed by atoms with E-state index in [-0.39, 0.29) is 17.7 Å². The number of aryl methyl sites for hydroxylation is 1. The Morgan fingerprint density at radius 1 is 1.28 bits per heavy atom. The number of rotatable bonds is 6. The van der Waals surface area contributed by atoms with Crippen LogP contribution in [0.4, 0.5) is 5.13 Å². The van der Waals surface area contributed by atoms with Gasteiger partial charge in [0, 0.05) is 54.8 Å². The van der Waals surface area contributed by atoms with Crippen LogP contribution in [0.5, 0.6) is 0 Å². The van der Waals surface area contributed by atoms with Crippen molar-refractivity contribution in [1.29, 1.82) is 0 Å². The molecule has 2 aromatic rings. The number of fused-ring (bicyclic) bond motifs is 1. The summed E-state index contributed by atoms with van der Waals surface area (Å²) in [5.74, 6) is 0.461. The fourth-order valence-electron chi connectivity index (χ4n) is 4.00. The number of nitrogens with one attached hydrogen (secondary N) is 1. The van der Waals surface area contributed by atoms with E-state index >= 15 is 0 Å². The van der Waals surface area contributed by atoms with Crippen molar-refractivity contribution in [2.24, 2.45) is 5.92 Å². The third kappa shape index (κ3) is 4.80. The first-order valence-corrected chi connectivity index (χ1v) is 12.1. The topological polar surface area (TPSA) is 65.5 Å². The number of carbonyl (C=O) groups is 2. The Morgan fingerprint density at radius 3 is 2.83 bits per heavy atom. The number of carbonyl (C=O) groups excluding carboxylic acids is 2. The molecule has 1 fully saturated rings. The van der Waals surface area contributed by atoms with Gasteiger partial charge >= 0.3 is 0 Å². The standard InChI is InChI=1S/C21H28N4O2S2/c1-2-19(26)24-9-11-25(12-10-24)21-23-17-6-5-15(14-18(17)29-21)20(27)22-8-7-16-4-3-13-28-16/h3-4,13,15H,2,5-12,14H2,1H3,(H,22,27). The molecule has 156 valence electrons. The third-order valence-electron chi connectivity index (χ3n) is 5.76. The average Bonchev–Trinajstić information content (AvgIpc) is 3.42. The predicted octanol–water partition coefficient (Wildman–Crippen LogP) is 2.73. The van der Waals surface area contributed by atoms with Gasteiger partial charge in [0.1, 0.15) is 0 Å². The van der Waals surface area contributed by atoms with Crippen molar-refractivity contribution in [3.8, 4) is 0 Å². The lowest BCUT2D eigenvalue weighted by Crippen LogP contribution is -2.48. The van der Waals surface area contributed by atoms with Crippen molar-refractivity contribution >= 4 is 39.6 Å². The lowest BCUT2D eigenvalue weighted by atomic mass is 9.90. The summed E-state index contributed by atoms with van der Waals surface area (Å²) < 4.78 is 0. The van der Waals surface area contributed by atoms with E-state index in [2.05, 4.69) is 21.7 Å². The van der Waals surface area contributed by atoms with Crippen molar-refractivity contribution in [3.05, 3.63) is 33.0 Å². The molecule has 0 radical (unpaired) electrons. The Hall–Kier alpha value is -1.93. The molecular formula is C21H28N4O2S2. The van der Waals surface area contributed by atoms with E-state index in [1.165, 1.54) is 15.4 Å². The normalized spacial score (nSPS) is 19.1. The molecule has 2 amide bonds. The van der Waals surface area contributed by atoms with Gasteiger partial charge in [-0.1, -0.05) is 13.0 Å². The highest BCUT2D eigenvalue weighted by molar-refractivity contribution is 7.15. The van der Waals surface area contributed by atoms with E-state index < -0.39 is 0 Å². The molecule has 29 heavy (non-hydrogen) atoms. The van der Waals surface area contributed by atoms with Crippen LogP contribution in [0.25, 0.3) is 0 Å². The zero-order chi connectivity index (χ0) is 20.2. The fourth-order valence-corrected chi connectivity index (χ4v) is 5.95. The summed E-state index contributed by atoms with van der Waals surface area (Å²) >= 11 is 3.47. The zero-order valence-corrected chi connectivity index (χ0v) is 18.5. The van der Waals surface area contributed by atoms with Gasteiger partial charge in [-0.25, -0.2) is 4.98 Å². The Balaban J connectivity index is 1.29. The molecule has 4 rings (SSSR count). The summed E-state index contributed by atoms with van der Waals surface area (Å²) in [5.41, 5.74) is 1.17. The largest absolute Gasteiger partial charge is 0.355 e. The first-order valence-electron chi connectivity index (χ1n) is 10.5. The molecule has 0 aromatic carbocycles. The highest BCUT2D eigenvalue weighted by Crippen LogP contribution is 2.34. The number of anilines is 1. The van der Waals surface area contributed by atoms with Crippen LogP contribution in [0.15, 0.2) is 17.5 Å². The van der Waals surface area contributed by atoms with E-state index in [1.807, 2.05) is 17.9 Å². The number of hydrogen-bond donors (Lipinski definition) is 1. The lowest BCUT2D eigenvalue weighted by Gasteiger charge is -2.34. The summed E-state index contributed by atoms with van der Waals surface area (Å²) in [7, 11) is 0. The molecule has 1 aliphatic heterocycles. The van der Waals surface area contributed by atoms with Crippen LogP contribution in [-0.4, -0.2) is 54.4 Å². The van der Waals surface area contributed by atoms with E-state index in [0.717, 1.165) is 57.0 Å². The molecule has 1 aliphatic carbocycles. The van der Waals surface area contributed by atoms with Crippen molar-refractivity contribution < 1.29 is 9.59 Å². The number of thiophene rings is 1. The van der Waals surface area contributed by atoms with Crippen LogP contribution in [0.2, 0.25) is 0 Å². The second-order valence-corrected chi connectivity index (χ2v) is 9.74. The number of hydrogen-bond acceptors (Lipinski definition) is 6. The molecule has 2 aliphatic rings. The van der Waals surface area contributed by atoms with Crippen LogP contribution >= 0.6 is 22.7 Å². The van der Waals surface area contributed by atoms with Crippen molar-refractivity contribution in [3.63, 3.8) is 0 Å². The number of thiazole rings is 1. The SMILES string of the molecule is CCC(=O)N1CCN(c2nc3c(s2)CC(C(=O)NCCc2cccs2)CC3)CC1. The van der Waals surface area contributed by atoms with Gasteiger partial charge in [-0.05, 0) is 37.1 Å². The molecule has 8 heteroatoms. The Kier molecular flexibility index (Phi) is 6.50. The van der Waals surface area contributed by atoms with Gasteiger partial charge in [-0.3, -0.25) is 9.59 Å². The second kappa shape index (κ2) is 9.26. The van der Waals surface area contributed by atoms with Gasteiger partial charge in [0.05, 0.1) is 5.69 Å². The van der Waals surface area contributed by atoms with Crippen molar-refractivity contribution in [2.75, 3.05) is 37.6 Å². The minimum Gasteiger partial charge on any atom is -0.355 e. The number of nitrogens with zero attached hydrogens (tertiary/aromatic N) is 3.